The van der Waals surface area contributed by atoms with Gasteiger partial charge < -0.3 is 10.3 Å². The highest BCUT2D eigenvalue weighted by Crippen LogP contribution is 2.10. The number of carbonyl (C=O) groups excluding carboxylic acids is 1. The van der Waals surface area contributed by atoms with Crippen molar-refractivity contribution in [2.75, 3.05) is 6.54 Å². The zero-order valence-electron chi connectivity index (χ0n) is 10.8. The largest absolute Gasteiger partial charge is 0.352 e. The molecule has 2 aromatic rings. The Bertz CT molecular complexity index is 746. The smallest absolute Gasteiger partial charge is 0.261 e. The second kappa shape index (κ2) is 5.36. The lowest BCUT2D eigenvalue weighted by Crippen LogP contribution is -2.24. The second-order valence-corrected chi connectivity index (χ2v) is 4.70. The lowest BCUT2D eigenvalue weighted by atomic mass is 10.1. The van der Waals surface area contributed by atoms with E-state index in [0.717, 1.165) is 6.42 Å². The SMILES string of the molecule is CCCNC(=O)c1ccc2c(=O)n(C)c(=S)[nH]c2c1. The molecule has 0 bridgehead atoms. The first-order valence-electron chi connectivity index (χ1n) is 6.06. The van der Waals surface area contributed by atoms with Gasteiger partial charge in [0, 0.05) is 19.2 Å². The number of fused-ring (bicyclic) bond motifs is 1. The number of hydrogen-bond acceptors (Lipinski definition) is 3. The lowest BCUT2D eigenvalue weighted by Gasteiger charge is -2.06. The van der Waals surface area contributed by atoms with Crippen LogP contribution < -0.4 is 10.9 Å². The van der Waals surface area contributed by atoms with E-state index in [-0.39, 0.29) is 11.5 Å². The predicted octanol–water partition coefficient (Wildman–Crippen LogP) is 1.74. The van der Waals surface area contributed by atoms with Gasteiger partial charge in [0.05, 0.1) is 10.9 Å². The first kappa shape index (κ1) is 13.5. The number of nitrogens with zero attached hydrogens (tertiary/aromatic N) is 1. The highest BCUT2D eigenvalue weighted by Gasteiger charge is 2.08. The van der Waals surface area contributed by atoms with Crippen LogP contribution >= 0.6 is 12.2 Å². The minimum Gasteiger partial charge on any atom is -0.352 e. The molecule has 2 N–H and O–H groups in total. The molecule has 1 aromatic heterocycles. The standard InChI is InChI=1S/C13H15N3O2S/c1-3-6-14-11(17)8-4-5-9-10(7-8)15-13(19)16(2)12(9)18/h4-5,7H,3,6H2,1-2H3,(H,14,17)(H,15,19). The molecule has 5 nitrogen and oxygen atoms in total. The average Bonchev–Trinajstić information content (AvgIpc) is 2.41. The summed E-state index contributed by atoms with van der Waals surface area (Å²) in [6.45, 7) is 2.62. The van der Waals surface area contributed by atoms with Crippen LogP contribution in [0.4, 0.5) is 0 Å². The van der Waals surface area contributed by atoms with E-state index in [1.807, 2.05) is 6.92 Å². The molecule has 1 amide bonds. The minimum absolute atomic E-state index is 0.149. The summed E-state index contributed by atoms with van der Waals surface area (Å²) in [7, 11) is 1.61. The maximum atomic E-state index is 12.0. The van der Waals surface area contributed by atoms with Gasteiger partial charge in [0.15, 0.2) is 4.77 Å². The third-order valence-electron chi connectivity index (χ3n) is 2.90. The van der Waals surface area contributed by atoms with E-state index in [0.29, 0.717) is 27.8 Å². The van der Waals surface area contributed by atoms with Crippen molar-refractivity contribution in [1.29, 1.82) is 0 Å². The molecule has 0 saturated carbocycles. The summed E-state index contributed by atoms with van der Waals surface area (Å²) in [6, 6.07) is 4.94. The number of carbonyl (C=O) groups is 1. The van der Waals surface area contributed by atoms with Crippen molar-refractivity contribution in [1.82, 2.24) is 14.9 Å². The van der Waals surface area contributed by atoms with Crippen molar-refractivity contribution < 1.29 is 4.79 Å². The number of nitrogens with one attached hydrogen (secondary N) is 2. The van der Waals surface area contributed by atoms with Gasteiger partial charge in [0.2, 0.25) is 0 Å². The van der Waals surface area contributed by atoms with E-state index in [1.54, 1.807) is 25.2 Å². The lowest BCUT2D eigenvalue weighted by molar-refractivity contribution is 0.0954. The summed E-state index contributed by atoms with van der Waals surface area (Å²) in [5.41, 5.74) is 0.927. The van der Waals surface area contributed by atoms with Crippen LogP contribution in [0.3, 0.4) is 0 Å². The fraction of sp³-hybridized carbons (Fsp3) is 0.308. The zero-order chi connectivity index (χ0) is 14.0. The van der Waals surface area contributed by atoms with Crippen molar-refractivity contribution in [2.24, 2.45) is 7.05 Å². The van der Waals surface area contributed by atoms with Crippen molar-refractivity contribution in [3.8, 4) is 0 Å². The van der Waals surface area contributed by atoms with E-state index in [4.69, 9.17) is 12.2 Å². The third-order valence-corrected chi connectivity index (χ3v) is 3.27. The Balaban J connectivity index is 2.53. The summed E-state index contributed by atoms with van der Waals surface area (Å²) in [6.07, 6.45) is 0.877. The Kier molecular flexibility index (Phi) is 3.80. The molecule has 0 aliphatic rings. The first-order chi connectivity index (χ1) is 9.04. The molecule has 1 aromatic carbocycles. The summed E-state index contributed by atoms with van der Waals surface area (Å²) < 4.78 is 1.71. The monoisotopic (exact) mass is 277 g/mol. The molecule has 0 radical (unpaired) electrons. The Morgan fingerprint density at radius 1 is 1.47 bits per heavy atom. The molecular formula is C13H15N3O2S. The van der Waals surface area contributed by atoms with Crippen molar-refractivity contribution in [2.45, 2.75) is 13.3 Å². The van der Waals surface area contributed by atoms with Crippen LogP contribution in [0.15, 0.2) is 23.0 Å². The van der Waals surface area contributed by atoms with Gasteiger partial charge in [-0.15, -0.1) is 0 Å². The summed E-state index contributed by atoms with van der Waals surface area (Å²) in [5, 5.41) is 3.31. The van der Waals surface area contributed by atoms with Gasteiger partial charge in [-0.25, -0.2) is 0 Å². The van der Waals surface area contributed by atoms with Gasteiger partial charge in [0.25, 0.3) is 11.5 Å². The van der Waals surface area contributed by atoms with E-state index in [9.17, 15) is 9.59 Å². The van der Waals surface area contributed by atoms with E-state index in [1.165, 1.54) is 4.57 Å². The van der Waals surface area contributed by atoms with Crippen molar-refractivity contribution in [3.63, 3.8) is 0 Å². The molecule has 2 rings (SSSR count). The molecular weight excluding hydrogens is 262 g/mol. The number of rotatable bonds is 3. The first-order valence-corrected chi connectivity index (χ1v) is 6.46. The molecule has 0 fully saturated rings. The van der Waals surface area contributed by atoms with E-state index < -0.39 is 0 Å². The molecule has 0 aliphatic carbocycles. The Morgan fingerprint density at radius 2 is 2.21 bits per heavy atom. The third kappa shape index (κ3) is 2.58. The fourth-order valence-electron chi connectivity index (χ4n) is 1.79. The van der Waals surface area contributed by atoms with Gasteiger partial charge in [-0.1, -0.05) is 6.92 Å². The van der Waals surface area contributed by atoms with Crippen LogP contribution in [-0.4, -0.2) is 22.0 Å². The fourth-order valence-corrected chi connectivity index (χ4v) is 1.98. The molecule has 0 saturated heterocycles. The number of amides is 1. The highest BCUT2D eigenvalue weighted by atomic mass is 32.1. The quantitative estimate of drug-likeness (QED) is 0.840. The molecule has 6 heteroatoms. The molecule has 19 heavy (non-hydrogen) atoms. The molecule has 0 atom stereocenters. The highest BCUT2D eigenvalue weighted by molar-refractivity contribution is 7.71. The van der Waals surface area contributed by atoms with Crippen molar-refractivity contribution in [3.05, 3.63) is 38.9 Å². The molecule has 100 valence electrons. The molecule has 0 aliphatic heterocycles. The predicted molar refractivity (Wildman–Crippen MR) is 77.0 cm³/mol. The second-order valence-electron chi connectivity index (χ2n) is 4.31. The van der Waals surface area contributed by atoms with E-state index in [2.05, 4.69) is 10.3 Å². The summed E-state index contributed by atoms with van der Waals surface area (Å²) in [5.74, 6) is -0.149. The van der Waals surface area contributed by atoms with Crippen LogP contribution in [-0.2, 0) is 7.05 Å². The van der Waals surface area contributed by atoms with Crippen LogP contribution in [0.5, 0.6) is 0 Å². The maximum Gasteiger partial charge on any atom is 0.261 e. The number of aromatic amines is 1. The van der Waals surface area contributed by atoms with Crippen LogP contribution in [0.2, 0.25) is 0 Å². The number of H-pyrrole nitrogens is 1. The number of aromatic nitrogens is 2. The molecule has 1 heterocycles. The summed E-state index contributed by atoms with van der Waals surface area (Å²) >= 11 is 5.05. The number of hydrogen-bond donors (Lipinski definition) is 2. The minimum atomic E-state index is -0.167. The number of benzene rings is 1. The molecule has 0 unspecified atom stereocenters. The van der Waals surface area contributed by atoms with Gasteiger partial charge >= 0.3 is 0 Å². The topological polar surface area (TPSA) is 66.9 Å². The van der Waals surface area contributed by atoms with Crippen LogP contribution in [0, 0.1) is 4.77 Å². The Labute approximate surface area is 115 Å². The van der Waals surface area contributed by atoms with Gasteiger partial charge in [0.1, 0.15) is 0 Å². The average molecular weight is 277 g/mol. The van der Waals surface area contributed by atoms with Crippen LogP contribution in [0.25, 0.3) is 10.9 Å². The van der Waals surface area contributed by atoms with Gasteiger partial charge in [-0.05, 0) is 36.8 Å². The zero-order valence-corrected chi connectivity index (χ0v) is 11.6. The van der Waals surface area contributed by atoms with Gasteiger partial charge in [-0.2, -0.15) is 0 Å². The van der Waals surface area contributed by atoms with Crippen molar-refractivity contribution >= 4 is 29.0 Å². The normalized spacial score (nSPS) is 10.6. The Hall–Kier alpha value is -1.95. The Morgan fingerprint density at radius 3 is 2.89 bits per heavy atom. The maximum absolute atomic E-state index is 12.0. The summed E-state index contributed by atoms with van der Waals surface area (Å²) in [4.78, 5) is 26.8. The van der Waals surface area contributed by atoms with Gasteiger partial charge in [-0.3, -0.25) is 14.2 Å². The van der Waals surface area contributed by atoms with Crippen LogP contribution in [0.1, 0.15) is 23.7 Å². The molecule has 0 spiro atoms. The van der Waals surface area contributed by atoms with E-state index >= 15 is 0 Å².